The minimum absolute atomic E-state index is 0.0297. The van der Waals surface area contributed by atoms with E-state index in [-0.39, 0.29) is 18.1 Å². The molecule has 2 N–H and O–H groups in total. The Morgan fingerprint density at radius 1 is 1.34 bits per heavy atom. The van der Waals surface area contributed by atoms with Crippen molar-refractivity contribution in [2.24, 2.45) is 0 Å². The monoisotopic (exact) mass is 430 g/mol. The maximum absolute atomic E-state index is 12.2. The second-order valence-electron chi connectivity index (χ2n) is 7.45. The lowest BCUT2D eigenvalue weighted by molar-refractivity contribution is -0.118. The van der Waals surface area contributed by atoms with Gasteiger partial charge in [-0.05, 0) is 50.5 Å². The molecule has 0 spiro atoms. The molecule has 152 valence electrons. The van der Waals surface area contributed by atoms with Gasteiger partial charge in [-0.25, -0.2) is 9.97 Å². The Labute approximate surface area is 178 Å². The van der Waals surface area contributed by atoms with Gasteiger partial charge in [0.15, 0.2) is 10.3 Å². The van der Waals surface area contributed by atoms with E-state index < -0.39 is 0 Å². The molecule has 1 aliphatic rings. The highest BCUT2D eigenvalue weighted by atomic mass is 35.5. The number of anilines is 2. The summed E-state index contributed by atoms with van der Waals surface area (Å²) >= 11 is 7.67. The van der Waals surface area contributed by atoms with Gasteiger partial charge in [0.05, 0.1) is 28.4 Å². The number of amides is 1. The van der Waals surface area contributed by atoms with Crippen LogP contribution in [0.3, 0.4) is 0 Å². The predicted molar refractivity (Wildman–Crippen MR) is 119 cm³/mol. The molecule has 0 aliphatic carbocycles. The van der Waals surface area contributed by atoms with Crippen LogP contribution in [-0.4, -0.2) is 34.6 Å². The predicted octanol–water partition coefficient (Wildman–Crippen LogP) is 5.34. The smallest absolute Gasteiger partial charge is 0.228 e. The summed E-state index contributed by atoms with van der Waals surface area (Å²) in [6.45, 7) is 4.86. The number of aromatic nitrogens is 2. The lowest BCUT2D eigenvalue weighted by Gasteiger charge is -2.12. The number of benzene rings is 1. The van der Waals surface area contributed by atoms with E-state index in [1.54, 1.807) is 6.20 Å². The normalized spacial score (nSPS) is 16.5. The van der Waals surface area contributed by atoms with E-state index in [2.05, 4.69) is 40.5 Å². The first kappa shape index (κ1) is 20.1. The summed E-state index contributed by atoms with van der Waals surface area (Å²) in [6, 6.07) is 8.29. The summed E-state index contributed by atoms with van der Waals surface area (Å²) in [5.74, 6) is -0.0533. The number of thiazole rings is 1. The van der Waals surface area contributed by atoms with Crippen LogP contribution in [0.2, 0.25) is 5.15 Å². The van der Waals surface area contributed by atoms with Gasteiger partial charge in [-0.1, -0.05) is 29.0 Å². The SMILES string of the molecule is CC(C)Nc1cc(-c2ccc3nc(NC(=O)CC4CCCO4)sc3c2)cnc1Cl. The third-order valence-electron chi connectivity index (χ3n) is 4.69. The van der Waals surface area contributed by atoms with E-state index in [4.69, 9.17) is 16.3 Å². The van der Waals surface area contributed by atoms with Crippen LogP contribution in [-0.2, 0) is 9.53 Å². The van der Waals surface area contributed by atoms with Crippen molar-refractivity contribution < 1.29 is 9.53 Å². The van der Waals surface area contributed by atoms with E-state index in [1.165, 1.54) is 11.3 Å². The van der Waals surface area contributed by atoms with Crippen LogP contribution in [0.1, 0.15) is 33.1 Å². The summed E-state index contributed by atoms with van der Waals surface area (Å²) in [7, 11) is 0. The Balaban J connectivity index is 1.53. The van der Waals surface area contributed by atoms with E-state index in [9.17, 15) is 4.79 Å². The minimum Gasteiger partial charge on any atom is -0.380 e. The van der Waals surface area contributed by atoms with Crippen LogP contribution >= 0.6 is 22.9 Å². The Morgan fingerprint density at radius 3 is 2.97 bits per heavy atom. The molecule has 1 fully saturated rings. The highest BCUT2D eigenvalue weighted by Gasteiger charge is 2.20. The molecule has 1 aliphatic heterocycles. The van der Waals surface area contributed by atoms with Gasteiger partial charge in [0.2, 0.25) is 5.91 Å². The molecule has 1 atom stereocenters. The van der Waals surface area contributed by atoms with Crippen molar-refractivity contribution in [3.8, 4) is 11.1 Å². The Kier molecular flexibility index (Phi) is 5.99. The van der Waals surface area contributed by atoms with Crippen molar-refractivity contribution in [3.63, 3.8) is 0 Å². The minimum atomic E-state index is -0.0533. The molecule has 29 heavy (non-hydrogen) atoms. The molecule has 1 saturated heterocycles. The third-order valence-corrected chi connectivity index (χ3v) is 5.92. The zero-order chi connectivity index (χ0) is 20.4. The van der Waals surface area contributed by atoms with E-state index >= 15 is 0 Å². The molecule has 2 aromatic heterocycles. The van der Waals surface area contributed by atoms with Crippen molar-refractivity contribution in [2.45, 2.75) is 45.3 Å². The molecule has 0 radical (unpaired) electrons. The number of pyridine rings is 1. The number of rotatable bonds is 6. The molecule has 4 rings (SSSR count). The average molecular weight is 431 g/mol. The topological polar surface area (TPSA) is 76.1 Å². The summed E-state index contributed by atoms with van der Waals surface area (Å²) in [6.07, 6.45) is 4.14. The summed E-state index contributed by atoms with van der Waals surface area (Å²) in [4.78, 5) is 21.1. The maximum Gasteiger partial charge on any atom is 0.228 e. The number of carbonyl (C=O) groups excluding carboxylic acids is 1. The zero-order valence-electron chi connectivity index (χ0n) is 16.4. The molecule has 0 bridgehead atoms. The molecule has 0 saturated carbocycles. The van der Waals surface area contributed by atoms with Crippen molar-refractivity contribution in [2.75, 3.05) is 17.2 Å². The number of nitrogens with one attached hydrogen (secondary N) is 2. The van der Waals surface area contributed by atoms with Crippen LogP contribution in [0.25, 0.3) is 21.3 Å². The first-order valence-corrected chi connectivity index (χ1v) is 10.9. The summed E-state index contributed by atoms with van der Waals surface area (Å²) in [5, 5.41) is 7.28. The van der Waals surface area contributed by atoms with Crippen LogP contribution in [0.4, 0.5) is 10.8 Å². The number of hydrogen-bond acceptors (Lipinski definition) is 6. The van der Waals surface area contributed by atoms with Crippen LogP contribution in [0.5, 0.6) is 0 Å². The first-order chi connectivity index (χ1) is 14.0. The molecular formula is C21H23ClN4O2S. The van der Waals surface area contributed by atoms with E-state index in [0.717, 1.165) is 46.5 Å². The van der Waals surface area contributed by atoms with Gasteiger partial charge in [-0.15, -0.1) is 0 Å². The molecule has 3 aromatic rings. The van der Waals surface area contributed by atoms with Crippen molar-refractivity contribution in [1.82, 2.24) is 9.97 Å². The van der Waals surface area contributed by atoms with Gasteiger partial charge in [0.25, 0.3) is 0 Å². The molecule has 1 unspecified atom stereocenters. The average Bonchev–Trinajstić information content (AvgIpc) is 3.31. The Hall–Kier alpha value is -2.22. The largest absolute Gasteiger partial charge is 0.380 e. The lowest BCUT2D eigenvalue weighted by Crippen LogP contribution is -2.19. The Morgan fingerprint density at radius 2 is 2.21 bits per heavy atom. The quantitative estimate of drug-likeness (QED) is 0.516. The highest BCUT2D eigenvalue weighted by Crippen LogP contribution is 2.32. The van der Waals surface area contributed by atoms with Crippen LogP contribution in [0.15, 0.2) is 30.5 Å². The number of halogens is 1. The van der Waals surface area contributed by atoms with Crippen molar-refractivity contribution in [3.05, 3.63) is 35.6 Å². The third kappa shape index (κ3) is 4.86. The van der Waals surface area contributed by atoms with Gasteiger partial charge >= 0.3 is 0 Å². The fourth-order valence-corrected chi connectivity index (χ4v) is 4.44. The van der Waals surface area contributed by atoms with Crippen LogP contribution < -0.4 is 10.6 Å². The van der Waals surface area contributed by atoms with Gasteiger partial charge in [0, 0.05) is 24.4 Å². The second-order valence-corrected chi connectivity index (χ2v) is 8.84. The van der Waals surface area contributed by atoms with Crippen molar-refractivity contribution >= 4 is 49.9 Å². The molecule has 1 aromatic carbocycles. The lowest BCUT2D eigenvalue weighted by atomic mass is 10.1. The van der Waals surface area contributed by atoms with E-state index in [0.29, 0.717) is 16.7 Å². The van der Waals surface area contributed by atoms with Gasteiger partial charge < -0.3 is 15.4 Å². The number of hydrogen-bond donors (Lipinski definition) is 2. The fourth-order valence-electron chi connectivity index (χ4n) is 3.36. The molecule has 6 nitrogen and oxygen atoms in total. The number of nitrogens with zero attached hydrogens (tertiary/aromatic N) is 2. The van der Waals surface area contributed by atoms with Gasteiger partial charge in [-0.3, -0.25) is 4.79 Å². The molecule has 3 heterocycles. The molecule has 8 heteroatoms. The molecule has 1 amide bonds. The van der Waals surface area contributed by atoms with Crippen molar-refractivity contribution in [1.29, 1.82) is 0 Å². The Bertz CT molecular complexity index is 1030. The second kappa shape index (κ2) is 8.65. The summed E-state index contributed by atoms with van der Waals surface area (Å²) in [5.41, 5.74) is 3.66. The zero-order valence-corrected chi connectivity index (χ0v) is 17.9. The number of carbonyl (C=O) groups is 1. The molecular weight excluding hydrogens is 408 g/mol. The standard InChI is InChI=1S/C21H23ClN4O2S/c1-12(2)24-17-8-14(11-23-20(17)22)13-5-6-16-18(9-13)29-21(25-16)26-19(27)10-15-4-3-7-28-15/h5-6,8-9,11-12,15,24H,3-4,7,10H2,1-2H3,(H,25,26,27). The number of ether oxygens (including phenoxy) is 1. The van der Waals surface area contributed by atoms with Gasteiger partial charge in [0.1, 0.15) is 0 Å². The van der Waals surface area contributed by atoms with E-state index in [1.807, 2.05) is 18.2 Å². The summed E-state index contributed by atoms with van der Waals surface area (Å²) < 4.78 is 6.53. The maximum atomic E-state index is 12.2. The fraction of sp³-hybridized carbons (Fsp3) is 0.381. The van der Waals surface area contributed by atoms with Gasteiger partial charge in [-0.2, -0.15) is 0 Å². The van der Waals surface area contributed by atoms with Crippen LogP contribution in [0, 0.1) is 0 Å². The highest BCUT2D eigenvalue weighted by molar-refractivity contribution is 7.22. The first-order valence-electron chi connectivity index (χ1n) is 9.72. The number of fused-ring (bicyclic) bond motifs is 1.